The fourth-order valence-corrected chi connectivity index (χ4v) is 4.68. The average molecular weight is 597 g/mol. The summed E-state index contributed by atoms with van der Waals surface area (Å²) in [6.07, 6.45) is -0.988. The number of carbonyl (C=O) groups excluding carboxylic acids is 2. The van der Waals surface area contributed by atoms with E-state index in [-0.39, 0.29) is 36.2 Å². The highest BCUT2D eigenvalue weighted by molar-refractivity contribution is 5.94. The number of nitrogens with zero attached hydrogens (tertiary/aromatic N) is 3. The van der Waals surface area contributed by atoms with Crippen molar-refractivity contribution >= 4 is 29.0 Å². The molecule has 2 amide bonds. The molecule has 2 aliphatic rings. The Labute approximate surface area is 250 Å². The molecule has 1 aromatic heterocycles. The van der Waals surface area contributed by atoms with E-state index in [0.717, 1.165) is 43.1 Å². The molecule has 230 valence electrons. The van der Waals surface area contributed by atoms with Gasteiger partial charge in [0.05, 0.1) is 12.1 Å². The van der Waals surface area contributed by atoms with Crippen LogP contribution in [0.15, 0.2) is 60.8 Å². The zero-order valence-electron chi connectivity index (χ0n) is 24.8. The van der Waals surface area contributed by atoms with E-state index >= 15 is 0 Å². The Morgan fingerprint density at radius 3 is 2.14 bits per heavy atom. The molecule has 0 radical (unpaired) electrons. The molecular formula is C32H39F3N6O2. The van der Waals surface area contributed by atoms with Gasteiger partial charge < -0.3 is 20.9 Å². The number of likely N-dealkylation sites (N-methyl/N-ethyl adjacent to an activating group) is 1. The summed E-state index contributed by atoms with van der Waals surface area (Å²) in [7, 11) is 2.00. The van der Waals surface area contributed by atoms with E-state index in [4.69, 9.17) is 0 Å². The second kappa shape index (κ2) is 14.5. The Balaban J connectivity index is 0.00000207. The van der Waals surface area contributed by atoms with Crippen LogP contribution in [0.1, 0.15) is 37.8 Å². The maximum absolute atomic E-state index is 13.8. The van der Waals surface area contributed by atoms with Crippen molar-refractivity contribution in [1.82, 2.24) is 14.8 Å². The van der Waals surface area contributed by atoms with Gasteiger partial charge in [-0.1, -0.05) is 32.0 Å². The lowest BCUT2D eigenvalue weighted by atomic mass is 10.0. The van der Waals surface area contributed by atoms with Crippen LogP contribution in [0, 0.1) is 5.92 Å². The number of hydrogen-bond acceptors (Lipinski definition) is 6. The topological polar surface area (TPSA) is 89.6 Å². The van der Waals surface area contributed by atoms with Crippen molar-refractivity contribution in [2.45, 2.75) is 39.4 Å². The van der Waals surface area contributed by atoms with Gasteiger partial charge >= 0.3 is 6.18 Å². The normalized spacial score (nSPS) is 15.7. The number of anilines is 3. The third-order valence-electron chi connectivity index (χ3n) is 7.32. The summed E-state index contributed by atoms with van der Waals surface area (Å²) in [5, 5.41) is 8.37. The zero-order valence-corrected chi connectivity index (χ0v) is 24.8. The number of alkyl halides is 3. The highest BCUT2D eigenvalue weighted by Crippen LogP contribution is 2.35. The van der Waals surface area contributed by atoms with Gasteiger partial charge in [-0.05, 0) is 67.4 Å². The standard InChI is InChI=1S/C30H33F3N6O2.C2H6/c1-38-12-14-39(15-13-38)19-23-6-10-25(16-26(23)30(31,32)33)36-28(40)18-34-24-8-4-20(5-9-24)22-7-11-27(35-17-22)37-29(41)21-2-3-21;1-2/h4-11,16-17,21,34H,2-3,12-15,18-19H2,1H3,(H,36,40)(H,35,37,41);1-2H3. The number of piperazine rings is 1. The van der Waals surface area contributed by atoms with Gasteiger partial charge in [-0.2, -0.15) is 13.2 Å². The van der Waals surface area contributed by atoms with E-state index in [1.807, 2.05) is 44.0 Å². The zero-order chi connectivity index (χ0) is 31.0. The Morgan fingerprint density at radius 1 is 0.884 bits per heavy atom. The van der Waals surface area contributed by atoms with Crippen LogP contribution in [0.25, 0.3) is 11.1 Å². The minimum absolute atomic E-state index is 0.00346. The molecule has 0 atom stereocenters. The Morgan fingerprint density at radius 2 is 1.53 bits per heavy atom. The van der Waals surface area contributed by atoms with Crippen molar-refractivity contribution in [3.8, 4) is 11.1 Å². The first-order valence-corrected chi connectivity index (χ1v) is 14.7. The van der Waals surface area contributed by atoms with E-state index < -0.39 is 17.6 Å². The largest absolute Gasteiger partial charge is 0.416 e. The van der Waals surface area contributed by atoms with Gasteiger partial charge in [0.25, 0.3) is 0 Å². The van der Waals surface area contributed by atoms with Crippen LogP contribution in [0.3, 0.4) is 0 Å². The lowest BCUT2D eigenvalue weighted by Gasteiger charge is -2.33. The van der Waals surface area contributed by atoms with Crippen LogP contribution >= 0.6 is 0 Å². The second-order valence-electron chi connectivity index (χ2n) is 10.6. The number of aromatic nitrogens is 1. The third-order valence-corrected chi connectivity index (χ3v) is 7.32. The molecule has 0 bridgehead atoms. The summed E-state index contributed by atoms with van der Waals surface area (Å²) < 4.78 is 41.5. The van der Waals surface area contributed by atoms with Crippen LogP contribution in [-0.2, 0) is 22.3 Å². The quantitative estimate of drug-likeness (QED) is 0.283. The van der Waals surface area contributed by atoms with Crippen LogP contribution in [-0.4, -0.2) is 66.4 Å². The number of nitrogens with one attached hydrogen (secondary N) is 3. The first-order valence-electron chi connectivity index (χ1n) is 14.7. The first kappa shape index (κ1) is 32.0. The van der Waals surface area contributed by atoms with Crippen LogP contribution in [0.2, 0.25) is 0 Å². The van der Waals surface area contributed by atoms with Crippen LogP contribution in [0.4, 0.5) is 30.4 Å². The van der Waals surface area contributed by atoms with Gasteiger partial charge in [-0.15, -0.1) is 0 Å². The monoisotopic (exact) mass is 596 g/mol. The fraction of sp³-hybridized carbons (Fsp3) is 0.406. The van der Waals surface area contributed by atoms with Gasteiger partial charge in [0.1, 0.15) is 5.82 Å². The number of pyridine rings is 1. The van der Waals surface area contributed by atoms with Crippen molar-refractivity contribution < 1.29 is 22.8 Å². The van der Waals surface area contributed by atoms with E-state index in [0.29, 0.717) is 24.6 Å². The summed E-state index contributed by atoms with van der Waals surface area (Å²) in [5.74, 6) is 0.168. The van der Waals surface area contributed by atoms with Crippen molar-refractivity contribution in [1.29, 1.82) is 0 Å². The first-order chi connectivity index (χ1) is 20.6. The molecule has 43 heavy (non-hydrogen) atoms. The predicted molar refractivity (Wildman–Crippen MR) is 164 cm³/mol. The van der Waals surface area contributed by atoms with Crippen molar-refractivity contribution in [3.63, 3.8) is 0 Å². The Bertz CT molecular complexity index is 1370. The lowest BCUT2D eigenvalue weighted by molar-refractivity contribution is -0.138. The average Bonchev–Trinajstić information content (AvgIpc) is 3.85. The molecule has 2 fully saturated rings. The number of hydrogen-bond donors (Lipinski definition) is 3. The van der Waals surface area contributed by atoms with Crippen molar-refractivity contribution in [3.05, 3.63) is 71.9 Å². The predicted octanol–water partition coefficient (Wildman–Crippen LogP) is 5.94. The molecule has 1 saturated carbocycles. The summed E-state index contributed by atoms with van der Waals surface area (Å²) >= 11 is 0. The van der Waals surface area contributed by atoms with Gasteiger partial charge in [0.15, 0.2) is 0 Å². The SMILES string of the molecule is CC.CN1CCN(Cc2ccc(NC(=O)CNc3ccc(-c4ccc(NC(=O)C5CC5)nc4)cc3)cc2C(F)(F)F)CC1. The maximum Gasteiger partial charge on any atom is 0.416 e. The molecule has 2 heterocycles. The summed E-state index contributed by atoms with van der Waals surface area (Å²) in [6, 6.07) is 15.0. The summed E-state index contributed by atoms with van der Waals surface area (Å²) in [6.45, 7) is 7.16. The van der Waals surface area contributed by atoms with Crippen molar-refractivity contribution in [2.24, 2.45) is 5.92 Å². The molecule has 2 aromatic carbocycles. The lowest BCUT2D eigenvalue weighted by Crippen LogP contribution is -2.44. The van der Waals surface area contributed by atoms with Gasteiger partial charge in [-0.25, -0.2) is 4.98 Å². The third kappa shape index (κ3) is 9.26. The maximum atomic E-state index is 13.8. The summed E-state index contributed by atoms with van der Waals surface area (Å²) in [5.41, 5.74) is 2.03. The molecule has 3 aromatic rings. The highest BCUT2D eigenvalue weighted by atomic mass is 19.4. The summed E-state index contributed by atoms with van der Waals surface area (Å²) in [4.78, 5) is 32.9. The van der Waals surface area contributed by atoms with Gasteiger partial charge in [-0.3, -0.25) is 14.5 Å². The Hall–Kier alpha value is -3.96. The molecule has 3 N–H and O–H groups in total. The van der Waals surface area contributed by atoms with E-state index in [2.05, 4.69) is 25.8 Å². The minimum Gasteiger partial charge on any atom is -0.376 e. The fourth-order valence-electron chi connectivity index (χ4n) is 4.68. The van der Waals surface area contributed by atoms with Crippen molar-refractivity contribution in [2.75, 3.05) is 55.7 Å². The van der Waals surface area contributed by atoms with Gasteiger partial charge in [0, 0.05) is 61.8 Å². The molecule has 1 saturated heterocycles. The molecule has 8 nitrogen and oxygen atoms in total. The number of halogens is 3. The number of amides is 2. The van der Waals surface area contributed by atoms with E-state index in [1.165, 1.54) is 12.1 Å². The number of carbonyl (C=O) groups is 2. The number of benzene rings is 2. The van der Waals surface area contributed by atoms with Gasteiger partial charge in [0.2, 0.25) is 11.8 Å². The number of rotatable bonds is 9. The highest BCUT2D eigenvalue weighted by Gasteiger charge is 2.34. The smallest absolute Gasteiger partial charge is 0.376 e. The molecule has 0 spiro atoms. The molecule has 5 rings (SSSR count). The van der Waals surface area contributed by atoms with Crippen LogP contribution < -0.4 is 16.0 Å². The molecular weight excluding hydrogens is 557 g/mol. The van der Waals surface area contributed by atoms with Crippen LogP contribution in [0.5, 0.6) is 0 Å². The van der Waals surface area contributed by atoms with E-state index in [1.54, 1.807) is 24.4 Å². The minimum atomic E-state index is -4.52. The Kier molecular flexibility index (Phi) is 10.8. The molecule has 1 aliphatic heterocycles. The second-order valence-corrected chi connectivity index (χ2v) is 10.6. The van der Waals surface area contributed by atoms with E-state index in [9.17, 15) is 22.8 Å². The molecule has 1 aliphatic carbocycles. The molecule has 11 heteroatoms. The molecule has 0 unspecified atom stereocenters.